The minimum atomic E-state index is -0.620. The molecular weight excluding hydrogens is 328 g/mol. The normalized spacial score (nSPS) is 12.8. The van der Waals surface area contributed by atoms with E-state index in [0.29, 0.717) is 28.4 Å². The third-order valence-corrected chi connectivity index (χ3v) is 4.16. The third kappa shape index (κ3) is 4.04. The minimum Gasteiger partial charge on any atom is -0.481 e. The molecule has 3 aromatic rings. The average molecular weight is 352 g/mol. The fourth-order valence-electron chi connectivity index (χ4n) is 2.66. The molecule has 0 aliphatic carbocycles. The second-order valence-corrected chi connectivity index (χ2v) is 7.44. The molecule has 1 unspecified atom stereocenters. The van der Waals surface area contributed by atoms with Crippen LogP contribution in [0.5, 0.6) is 5.75 Å². The van der Waals surface area contributed by atoms with Crippen molar-refractivity contribution in [2.24, 2.45) is 0 Å². The Morgan fingerprint density at radius 2 is 1.85 bits per heavy atom. The van der Waals surface area contributed by atoms with Gasteiger partial charge in [0.15, 0.2) is 17.6 Å². The summed E-state index contributed by atoms with van der Waals surface area (Å²) < 4.78 is 11.2. The van der Waals surface area contributed by atoms with E-state index in [9.17, 15) is 4.79 Å². The van der Waals surface area contributed by atoms with Gasteiger partial charge < -0.3 is 14.5 Å². The van der Waals surface area contributed by atoms with Gasteiger partial charge in [0.05, 0.1) is 0 Å². The van der Waals surface area contributed by atoms with Crippen molar-refractivity contribution in [1.82, 2.24) is 4.98 Å². The molecule has 0 spiro atoms. The van der Waals surface area contributed by atoms with Gasteiger partial charge in [-0.1, -0.05) is 32.9 Å². The number of amides is 1. The summed E-state index contributed by atoms with van der Waals surface area (Å²) in [6.45, 7) is 10.00. The first-order chi connectivity index (χ1) is 12.2. The second-order valence-electron chi connectivity index (χ2n) is 7.44. The lowest BCUT2D eigenvalue weighted by atomic mass is 9.87. The molecule has 1 heterocycles. The summed E-state index contributed by atoms with van der Waals surface area (Å²) in [7, 11) is 0. The minimum absolute atomic E-state index is 0.0830. The number of nitrogens with zero attached hydrogens (tertiary/aromatic N) is 1. The van der Waals surface area contributed by atoms with E-state index in [1.165, 1.54) is 5.56 Å². The van der Waals surface area contributed by atoms with Gasteiger partial charge in [0, 0.05) is 12.6 Å². The Bertz CT molecular complexity index is 921. The fourth-order valence-corrected chi connectivity index (χ4v) is 2.66. The number of carbonyl (C=O) groups is 1. The number of fused-ring (bicyclic) bond motifs is 1. The molecule has 26 heavy (non-hydrogen) atoms. The maximum absolute atomic E-state index is 12.4. The Morgan fingerprint density at radius 1 is 1.15 bits per heavy atom. The monoisotopic (exact) mass is 352 g/mol. The van der Waals surface area contributed by atoms with Gasteiger partial charge in [0.2, 0.25) is 0 Å². The Balaban J connectivity index is 1.65. The highest BCUT2D eigenvalue weighted by Crippen LogP contribution is 2.25. The standard InChI is InChI=1S/C21H24N2O3/c1-13(25-17-9-6-15(7-10-17)21(3,4)5)20(24)23-16-8-11-19-18(12-16)22-14(2)26-19/h6-13H,1-5H3,(H,23,24). The van der Waals surface area contributed by atoms with Crippen LogP contribution in [-0.4, -0.2) is 17.0 Å². The van der Waals surface area contributed by atoms with Crippen molar-refractivity contribution in [3.63, 3.8) is 0 Å². The number of aryl methyl sites for hydroxylation is 1. The van der Waals surface area contributed by atoms with E-state index < -0.39 is 6.10 Å². The van der Waals surface area contributed by atoms with Crippen LogP contribution >= 0.6 is 0 Å². The summed E-state index contributed by atoms with van der Waals surface area (Å²) in [5.74, 6) is 1.05. The van der Waals surface area contributed by atoms with Crippen molar-refractivity contribution in [2.45, 2.75) is 46.1 Å². The van der Waals surface area contributed by atoms with Crippen LogP contribution in [-0.2, 0) is 10.2 Å². The molecule has 0 saturated carbocycles. The molecular formula is C21H24N2O3. The highest BCUT2D eigenvalue weighted by molar-refractivity contribution is 5.95. The van der Waals surface area contributed by atoms with Gasteiger partial charge in [-0.2, -0.15) is 0 Å². The van der Waals surface area contributed by atoms with Gasteiger partial charge in [-0.3, -0.25) is 4.79 Å². The molecule has 0 aliphatic rings. The van der Waals surface area contributed by atoms with Crippen LogP contribution < -0.4 is 10.1 Å². The third-order valence-electron chi connectivity index (χ3n) is 4.16. The largest absolute Gasteiger partial charge is 0.481 e. The quantitative estimate of drug-likeness (QED) is 0.730. The van der Waals surface area contributed by atoms with E-state index in [0.717, 1.165) is 0 Å². The van der Waals surface area contributed by atoms with E-state index in [1.807, 2.05) is 24.3 Å². The van der Waals surface area contributed by atoms with Crippen molar-refractivity contribution in [1.29, 1.82) is 0 Å². The predicted molar refractivity (Wildman–Crippen MR) is 103 cm³/mol. The molecule has 1 aromatic heterocycles. The molecule has 1 N–H and O–H groups in total. The zero-order chi connectivity index (χ0) is 18.9. The lowest BCUT2D eigenvalue weighted by Gasteiger charge is -2.20. The Morgan fingerprint density at radius 3 is 2.50 bits per heavy atom. The zero-order valence-electron chi connectivity index (χ0n) is 15.8. The van der Waals surface area contributed by atoms with E-state index in [4.69, 9.17) is 9.15 Å². The first-order valence-corrected chi connectivity index (χ1v) is 8.67. The van der Waals surface area contributed by atoms with Gasteiger partial charge in [0.25, 0.3) is 5.91 Å². The number of aromatic nitrogens is 1. The molecule has 5 heteroatoms. The molecule has 1 atom stereocenters. The Kier molecular flexibility index (Phi) is 4.72. The lowest BCUT2D eigenvalue weighted by molar-refractivity contribution is -0.122. The lowest BCUT2D eigenvalue weighted by Crippen LogP contribution is -2.30. The number of carbonyl (C=O) groups excluding carboxylic acids is 1. The van der Waals surface area contributed by atoms with Crippen LogP contribution in [0.4, 0.5) is 5.69 Å². The maximum Gasteiger partial charge on any atom is 0.265 e. The number of hydrogen-bond donors (Lipinski definition) is 1. The summed E-state index contributed by atoms with van der Waals surface area (Å²) in [4.78, 5) is 16.7. The smallest absolute Gasteiger partial charge is 0.265 e. The second kappa shape index (κ2) is 6.83. The van der Waals surface area contributed by atoms with Crippen molar-refractivity contribution in [3.05, 3.63) is 53.9 Å². The van der Waals surface area contributed by atoms with Gasteiger partial charge in [0.1, 0.15) is 11.3 Å². The number of nitrogens with one attached hydrogen (secondary N) is 1. The first kappa shape index (κ1) is 18.0. The van der Waals surface area contributed by atoms with Crippen LogP contribution in [0.1, 0.15) is 39.1 Å². The molecule has 0 saturated heterocycles. The van der Waals surface area contributed by atoms with Crippen LogP contribution in [0.2, 0.25) is 0 Å². The molecule has 136 valence electrons. The van der Waals surface area contributed by atoms with Crippen molar-refractivity contribution >= 4 is 22.7 Å². The number of anilines is 1. The van der Waals surface area contributed by atoms with Gasteiger partial charge >= 0.3 is 0 Å². The summed E-state index contributed by atoms with van der Waals surface area (Å²) in [6.07, 6.45) is -0.620. The summed E-state index contributed by atoms with van der Waals surface area (Å²) in [5.41, 5.74) is 3.38. The van der Waals surface area contributed by atoms with Crippen LogP contribution in [0, 0.1) is 6.92 Å². The molecule has 1 amide bonds. The van der Waals surface area contributed by atoms with Gasteiger partial charge in [-0.25, -0.2) is 4.98 Å². The molecule has 0 aliphatic heterocycles. The van der Waals surface area contributed by atoms with E-state index in [-0.39, 0.29) is 11.3 Å². The fraction of sp³-hybridized carbons (Fsp3) is 0.333. The molecule has 0 radical (unpaired) electrons. The Labute approximate surface area is 153 Å². The molecule has 3 rings (SSSR count). The highest BCUT2D eigenvalue weighted by atomic mass is 16.5. The van der Waals surface area contributed by atoms with E-state index >= 15 is 0 Å². The van der Waals surface area contributed by atoms with Gasteiger partial charge in [-0.05, 0) is 48.2 Å². The number of hydrogen-bond acceptors (Lipinski definition) is 4. The predicted octanol–water partition coefficient (Wildman–Crippen LogP) is 4.84. The Hall–Kier alpha value is -2.82. The molecule has 0 bridgehead atoms. The summed E-state index contributed by atoms with van der Waals surface area (Å²) in [6, 6.07) is 13.2. The van der Waals surface area contributed by atoms with E-state index in [2.05, 4.69) is 31.1 Å². The van der Waals surface area contributed by atoms with Crippen molar-refractivity contribution in [3.8, 4) is 5.75 Å². The van der Waals surface area contributed by atoms with Gasteiger partial charge in [-0.15, -0.1) is 0 Å². The molecule has 2 aromatic carbocycles. The average Bonchev–Trinajstić information content (AvgIpc) is 2.93. The number of rotatable bonds is 4. The van der Waals surface area contributed by atoms with Crippen LogP contribution in [0.15, 0.2) is 46.9 Å². The molecule has 5 nitrogen and oxygen atoms in total. The van der Waals surface area contributed by atoms with E-state index in [1.54, 1.807) is 32.0 Å². The number of ether oxygens (including phenoxy) is 1. The highest BCUT2D eigenvalue weighted by Gasteiger charge is 2.17. The summed E-state index contributed by atoms with van der Waals surface area (Å²) in [5, 5.41) is 2.85. The van der Waals surface area contributed by atoms with Crippen LogP contribution in [0.3, 0.4) is 0 Å². The van der Waals surface area contributed by atoms with Crippen LogP contribution in [0.25, 0.3) is 11.1 Å². The number of oxazole rings is 1. The maximum atomic E-state index is 12.4. The summed E-state index contributed by atoms with van der Waals surface area (Å²) >= 11 is 0. The topological polar surface area (TPSA) is 64.4 Å². The SMILES string of the molecule is Cc1nc2cc(NC(=O)C(C)Oc3ccc(C(C)(C)C)cc3)ccc2o1. The molecule has 0 fully saturated rings. The number of benzene rings is 2. The first-order valence-electron chi connectivity index (χ1n) is 8.67. The van der Waals surface area contributed by atoms with Crippen molar-refractivity contribution in [2.75, 3.05) is 5.32 Å². The van der Waals surface area contributed by atoms with Crippen molar-refractivity contribution < 1.29 is 13.9 Å². The zero-order valence-corrected chi connectivity index (χ0v) is 15.8.